The van der Waals surface area contributed by atoms with Crippen molar-refractivity contribution in [3.05, 3.63) is 40.6 Å². The molecule has 0 aliphatic heterocycles. The average Bonchev–Trinajstić information content (AvgIpc) is 2.72. The summed E-state index contributed by atoms with van der Waals surface area (Å²) in [6, 6.07) is 5.88. The van der Waals surface area contributed by atoms with Crippen LogP contribution in [-0.4, -0.2) is 19.9 Å². The zero-order valence-electron chi connectivity index (χ0n) is 9.11. The molecule has 4 nitrogen and oxygen atoms in total. The van der Waals surface area contributed by atoms with Crippen molar-refractivity contribution >= 4 is 27.1 Å². The monoisotopic (exact) mass is 288 g/mol. The largest absolute Gasteiger partial charge is 0.335 e. The summed E-state index contributed by atoms with van der Waals surface area (Å²) < 4.78 is 0.929. The van der Waals surface area contributed by atoms with E-state index in [1.54, 1.807) is 12.4 Å². The summed E-state index contributed by atoms with van der Waals surface area (Å²) in [6.45, 7) is 2.01. The van der Waals surface area contributed by atoms with E-state index in [0.717, 1.165) is 27.1 Å². The molecule has 0 amide bonds. The number of fused-ring (bicyclic) bond motifs is 1. The van der Waals surface area contributed by atoms with E-state index in [1.165, 1.54) is 0 Å². The van der Waals surface area contributed by atoms with E-state index >= 15 is 0 Å². The highest BCUT2D eigenvalue weighted by atomic mass is 79.9. The minimum atomic E-state index is 0.702. The van der Waals surface area contributed by atoms with Gasteiger partial charge in [-0.15, -0.1) is 0 Å². The molecule has 3 aromatic heterocycles. The highest BCUT2D eigenvalue weighted by Crippen LogP contribution is 2.21. The number of hydrogen-bond acceptors (Lipinski definition) is 3. The molecule has 0 unspecified atom stereocenters. The zero-order chi connectivity index (χ0) is 11.8. The number of nitrogens with one attached hydrogen (secondary N) is 1. The Hall–Kier alpha value is -1.75. The molecule has 0 atom stereocenters. The number of nitrogens with zero attached hydrogens (tertiary/aromatic N) is 3. The number of hydrogen-bond donors (Lipinski definition) is 1. The van der Waals surface area contributed by atoms with Gasteiger partial charge in [0.05, 0.1) is 5.52 Å². The summed E-state index contributed by atoms with van der Waals surface area (Å²) in [7, 11) is 0. The quantitative estimate of drug-likeness (QED) is 0.749. The summed E-state index contributed by atoms with van der Waals surface area (Å²) in [6.07, 6.45) is 3.50. The highest BCUT2D eigenvalue weighted by Gasteiger charge is 2.09. The van der Waals surface area contributed by atoms with Gasteiger partial charge in [0.25, 0.3) is 0 Å². The highest BCUT2D eigenvalue weighted by molar-refractivity contribution is 9.10. The molecule has 0 aliphatic rings. The molecular weight excluding hydrogens is 280 g/mol. The number of H-pyrrole nitrogens is 1. The van der Waals surface area contributed by atoms with E-state index < -0.39 is 0 Å². The van der Waals surface area contributed by atoms with Crippen LogP contribution in [0.1, 0.15) is 5.56 Å². The molecule has 0 aliphatic carbocycles. The van der Waals surface area contributed by atoms with Gasteiger partial charge in [0.1, 0.15) is 5.69 Å². The molecule has 3 aromatic rings. The lowest BCUT2D eigenvalue weighted by Gasteiger charge is -1.98. The van der Waals surface area contributed by atoms with Gasteiger partial charge in [0.15, 0.2) is 11.5 Å². The molecule has 1 N–H and O–H groups in total. The van der Waals surface area contributed by atoms with Gasteiger partial charge in [0, 0.05) is 16.9 Å². The third-order valence-corrected chi connectivity index (χ3v) is 2.97. The Bertz CT molecular complexity index is 690. The molecular formula is C12H9BrN4. The van der Waals surface area contributed by atoms with Gasteiger partial charge in [-0.3, -0.25) is 4.98 Å². The molecule has 0 bridgehead atoms. The molecule has 84 valence electrons. The first-order valence-electron chi connectivity index (χ1n) is 5.17. The number of halogens is 1. The Kier molecular flexibility index (Phi) is 2.40. The minimum absolute atomic E-state index is 0.702. The van der Waals surface area contributed by atoms with Crippen molar-refractivity contribution in [3.63, 3.8) is 0 Å². The Morgan fingerprint density at radius 2 is 2.18 bits per heavy atom. The molecule has 0 aromatic carbocycles. The SMILES string of the molecule is Cc1cccnc1-c1nc2ncc(Br)cc2[nH]1. The average molecular weight is 289 g/mol. The summed E-state index contributed by atoms with van der Waals surface area (Å²) in [4.78, 5) is 16.2. The smallest absolute Gasteiger partial charge is 0.178 e. The first-order chi connectivity index (χ1) is 8.24. The molecule has 17 heavy (non-hydrogen) atoms. The van der Waals surface area contributed by atoms with Crippen LogP contribution in [0.5, 0.6) is 0 Å². The summed E-state index contributed by atoms with van der Waals surface area (Å²) >= 11 is 3.39. The Morgan fingerprint density at radius 1 is 1.29 bits per heavy atom. The number of aromatic amines is 1. The number of aryl methyl sites for hydroxylation is 1. The van der Waals surface area contributed by atoms with Crippen LogP contribution in [0, 0.1) is 6.92 Å². The van der Waals surface area contributed by atoms with Crippen molar-refractivity contribution in [1.82, 2.24) is 19.9 Å². The van der Waals surface area contributed by atoms with E-state index in [4.69, 9.17) is 0 Å². The molecule has 5 heteroatoms. The van der Waals surface area contributed by atoms with Crippen LogP contribution >= 0.6 is 15.9 Å². The maximum atomic E-state index is 4.43. The fourth-order valence-electron chi connectivity index (χ4n) is 1.72. The van der Waals surface area contributed by atoms with Crippen molar-refractivity contribution in [2.75, 3.05) is 0 Å². The first kappa shape index (κ1) is 10.4. The summed E-state index contributed by atoms with van der Waals surface area (Å²) in [5.74, 6) is 0.753. The number of pyridine rings is 2. The fourth-order valence-corrected chi connectivity index (χ4v) is 2.05. The lowest BCUT2D eigenvalue weighted by molar-refractivity contribution is 1.20. The minimum Gasteiger partial charge on any atom is -0.335 e. The van der Waals surface area contributed by atoms with Crippen LogP contribution in [0.4, 0.5) is 0 Å². The van der Waals surface area contributed by atoms with Gasteiger partial charge in [-0.25, -0.2) is 9.97 Å². The lowest BCUT2D eigenvalue weighted by atomic mass is 10.2. The number of imidazole rings is 1. The second kappa shape index (κ2) is 3.92. The maximum absolute atomic E-state index is 4.43. The van der Waals surface area contributed by atoms with Crippen molar-refractivity contribution in [3.8, 4) is 11.5 Å². The fraction of sp³-hybridized carbons (Fsp3) is 0.0833. The van der Waals surface area contributed by atoms with Crippen molar-refractivity contribution < 1.29 is 0 Å². The van der Waals surface area contributed by atoms with Crippen LogP contribution in [0.2, 0.25) is 0 Å². The van der Waals surface area contributed by atoms with Gasteiger partial charge in [-0.2, -0.15) is 0 Å². The predicted octanol–water partition coefficient (Wildman–Crippen LogP) is 3.09. The summed E-state index contributed by atoms with van der Waals surface area (Å²) in [5, 5.41) is 0. The molecule has 0 fully saturated rings. The van der Waals surface area contributed by atoms with Crippen LogP contribution in [-0.2, 0) is 0 Å². The van der Waals surface area contributed by atoms with Gasteiger partial charge >= 0.3 is 0 Å². The molecule has 0 saturated heterocycles. The molecule has 3 rings (SSSR count). The second-order valence-corrected chi connectivity index (χ2v) is 4.69. The summed E-state index contributed by atoms with van der Waals surface area (Å²) in [5.41, 5.74) is 3.56. The Morgan fingerprint density at radius 3 is 3.00 bits per heavy atom. The van der Waals surface area contributed by atoms with E-state index in [0.29, 0.717) is 5.65 Å². The molecule has 0 radical (unpaired) electrons. The van der Waals surface area contributed by atoms with Crippen LogP contribution < -0.4 is 0 Å². The van der Waals surface area contributed by atoms with Crippen LogP contribution in [0.3, 0.4) is 0 Å². The molecule has 0 spiro atoms. The van der Waals surface area contributed by atoms with Gasteiger partial charge < -0.3 is 4.98 Å². The topological polar surface area (TPSA) is 54.5 Å². The molecule has 3 heterocycles. The van der Waals surface area contributed by atoms with Gasteiger partial charge in [-0.05, 0) is 40.5 Å². The maximum Gasteiger partial charge on any atom is 0.178 e. The van der Waals surface area contributed by atoms with Crippen molar-refractivity contribution in [2.45, 2.75) is 6.92 Å². The normalized spacial score (nSPS) is 10.9. The van der Waals surface area contributed by atoms with Crippen LogP contribution in [0.15, 0.2) is 35.1 Å². The number of aromatic nitrogens is 4. The van der Waals surface area contributed by atoms with E-state index in [2.05, 4.69) is 35.9 Å². The van der Waals surface area contributed by atoms with Crippen molar-refractivity contribution in [1.29, 1.82) is 0 Å². The van der Waals surface area contributed by atoms with Gasteiger partial charge in [0.2, 0.25) is 0 Å². The van der Waals surface area contributed by atoms with E-state index in [9.17, 15) is 0 Å². The first-order valence-corrected chi connectivity index (χ1v) is 5.96. The van der Waals surface area contributed by atoms with Crippen molar-refractivity contribution in [2.24, 2.45) is 0 Å². The zero-order valence-corrected chi connectivity index (χ0v) is 10.7. The predicted molar refractivity (Wildman–Crippen MR) is 69.6 cm³/mol. The second-order valence-electron chi connectivity index (χ2n) is 3.78. The molecule has 0 saturated carbocycles. The lowest BCUT2D eigenvalue weighted by Crippen LogP contribution is -1.88. The van der Waals surface area contributed by atoms with E-state index in [1.807, 2.05) is 25.1 Å². The number of rotatable bonds is 1. The Balaban J connectivity index is 2.22. The van der Waals surface area contributed by atoms with Gasteiger partial charge in [-0.1, -0.05) is 6.07 Å². The Labute approximate surface area is 106 Å². The standard InChI is InChI=1S/C12H9BrN4/c1-7-3-2-4-14-10(7)12-16-9-5-8(13)6-15-11(9)17-12/h2-6H,1H3,(H,15,16,17). The third kappa shape index (κ3) is 1.82. The third-order valence-electron chi connectivity index (χ3n) is 2.54. The van der Waals surface area contributed by atoms with Crippen LogP contribution in [0.25, 0.3) is 22.7 Å². The van der Waals surface area contributed by atoms with E-state index in [-0.39, 0.29) is 0 Å².